The van der Waals surface area contributed by atoms with Crippen molar-refractivity contribution in [1.82, 2.24) is 9.97 Å². The molecular weight excluding hydrogens is 406 g/mol. The molecule has 0 radical (unpaired) electrons. The van der Waals surface area contributed by atoms with Crippen LogP contribution in [0.3, 0.4) is 0 Å². The first-order valence-corrected chi connectivity index (χ1v) is 8.35. The summed E-state index contributed by atoms with van der Waals surface area (Å²) < 4.78 is 42.1. The molecule has 0 spiro atoms. The van der Waals surface area contributed by atoms with E-state index in [1.807, 2.05) is 0 Å². The topological polar surface area (TPSA) is 64.1 Å². The Bertz CT molecular complexity index is 603. The molecule has 1 N–H and O–H groups in total. The van der Waals surface area contributed by atoms with Gasteiger partial charge in [0.2, 0.25) is 9.62 Å². The SMILES string of the molecule is CC(C)c1nc(C(F)(F)F)nc(C(C)C)c1NC(=O)OCC(Cl)(Cl)Cl. The maximum atomic E-state index is 13.0. The van der Waals surface area contributed by atoms with Crippen LogP contribution in [-0.2, 0) is 10.9 Å². The van der Waals surface area contributed by atoms with Crippen LogP contribution in [0.4, 0.5) is 23.7 Å². The molecule has 142 valence electrons. The largest absolute Gasteiger partial charge is 0.451 e. The number of alkyl halides is 6. The lowest BCUT2D eigenvalue weighted by molar-refractivity contribution is -0.145. The van der Waals surface area contributed by atoms with Gasteiger partial charge >= 0.3 is 12.3 Å². The Morgan fingerprint density at radius 2 is 1.52 bits per heavy atom. The maximum Gasteiger partial charge on any atom is 0.451 e. The first kappa shape index (κ1) is 22.1. The highest BCUT2D eigenvalue weighted by Gasteiger charge is 2.37. The zero-order valence-electron chi connectivity index (χ0n) is 13.8. The fourth-order valence-corrected chi connectivity index (χ4v) is 2.04. The number of amides is 1. The van der Waals surface area contributed by atoms with E-state index in [-0.39, 0.29) is 17.1 Å². The van der Waals surface area contributed by atoms with Crippen molar-refractivity contribution in [2.24, 2.45) is 0 Å². The third-order valence-corrected chi connectivity index (χ3v) is 3.23. The lowest BCUT2D eigenvalue weighted by Gasteiger charge is -2.21. The van der Waals surface area contributed by atoms with Crippen molar-refractivity contribution in [3.05, 3.63) is 17.2 Å². The molecule has 0 aliphatic heterocycles. The molecule has 1 amide bonds. The van der Waals surface area contributed by atoms with Gasteiger partial charge in [0.05, 0.1) is 17.1 Å². The van der Waals surface area contributed by atoms with E-state index in [9.17, 15) is 18.0 Å². The van der Waals surface area contributed by atoms with Crippen LogP contribution in [0.5, 0.6) is 0 Å². The lowest BCUT2D eigenvalue weighted by atomic mass is 10.0. The second-order valence-electron chi connectivity index (χ2n) is 5.82. The highest BCUT2D eigenvalue weighted by molar-refractivity contribution is 6.67. The van der Waals surface area contributed by atoms with Crippen LogP contribution in [0.25, 0.3) is 0 Å². The summed E-state index contributed by atoms with van der Waals surface area (Å²) in [4.78, 5) is 19.0. The average Bonchev–Trinajstić information content (AvgIpc) is 2.42. The standard InChI is InChI=1S/C14H17Cl3F3N3O2/c1-6(2)8-10(23-12(24)25-5-13(15,16)17)9(7(3)4)22-11(21-8)14(18,19)20/h6-7H,5H2,1-4H3,(H,23,24). The van der Waals surface area contributed by atoms with E-state index in [1.165, 1.54) is 0 Å². The number of halogens is 6. The Labute approximate surface area is 158 Å². The van der Waals surface area contributed by atoms with Gasteiger partial charge in [-0.25, -0.2) is 14.8 Å². The number of carbonyl (C=O) groups excluding carboxylic acids is 1. The molecule has 0 saturated carbocycles. The van der Waals surface area contributed by atoms with Gasteiger partial charge in [0.15, 0.2) is 0 Å². The van der Waals surface area contributed by atoms with Crippen LogP contribution in [0, 0.1) is 0 Å². The van der Waals surface area contributed by atoms with E-state index in [1.54, 1.807) is 27.7 Å². The van der Waals surface area contributed by atoms with E-state index >= 15 is 0 Å². The first-order chi connectivity index (χ1) is 11.2. The normalized spacial score (nSPS) is 12.6. The molecule has 0 unspecified atom stereocenters. The van der Waals surface area contributed by atoms with Crippen LogP contribution >= 0.6 is 34.8 Å². The smallest absolute Gasteiger partial charge is 0.445 e. The highest BCUT2D eigenvalue weighted by atomic mass is 35.6. The van der Waals surface area contributed by atoms with Gasteiger partial charge in [0.1, 0.15) is 6.61 Å². The van der Waals surface area contributed by atoms with Crippen molar-refractivity contribution in [1.29, 1.82) is 0 Å². The van der Waals surface area contributed by atoms with E-state index in [4.69, 9.17) is 39.5 Å². The number of hydrogen-bond acceptors (Lipinski definition) is 4. The molecule has 0 aliphatic carbocycles. The minimum absolute atomic E-state index is 0.0388. The second kappa shape index (κ2) is 8.14. The zero-order chi connectivity index (χ0) is 19.6. The summed E-state index contributed by atoms with van der Waals surface area (Å²) in [6, 6.07) is 0. The quantitative estimate of drug-likeness (QED) is 0.636. The predicted octanol–water partition coefficient (Wildman–Crippen LogP) is 5.66. The average molecular weight is 423 g/mol. The van der Waals surface area contributed by atoms with Crippen molar-refractivity contribution in [2.75, 3.05) is 11.9 Å². The minimum atomic E-state index is -4.71. The molecule has 1 rings (SSSR count). The molecular formula is C14H17Cl3F3N3O2. The fourth-order valence-electron chi connectivity index (χ4n) is 1.87. The van der Waals surface area contributed by atoms with Crippen LogP contribution in [0.1, 0.15) is 56.7 Å². The zero-order valence-corrected chi connectivity index (χ0v) is 16.1. The molecule has 25 heavy (non-hydrogen) atoms. The fraction of sp³-hybridized carbons (Fsp3) is 0.643. The molecule has 0 atom stereocenters. The summed E-state index contributed by atoms with van der Waals surface area (Å²) in [7, 11) is 0. The summed E-state index contributed by atoms with van der Waals surface area (Å²) in [5.74, 6) is -2.09. The number of aromatic nitrogens is 2. The molecule has 0 aliphatic rings. The molecule has 0 saturated heterocycles. The Morgan fingerprint density at radius 1 is 1.08 bits per heavy atom. The summed E-state index contributed by atoms with van der Waals surface area (Å²) in [5, 5.41) is 2.36. The summed E-state index contributed by atoms with van der Waals surface area (Å²) in [6.45, 7) is 6.04. The van der Waals surface area contributed by atoms with Gasteiger partial charge in [-0.1, -0.05) is 62.5 Å². The third kappa shape index (κ3) is 6.67. The van der Waals surface area contributed by atoms with Gasteiger partial charge in [-0.05, 0) is 11.8 Å². The molecule has 11 heteroatoms. The summed E-state index contributed by atoms with van der Waals surface area (Å²) >= 11 is 16.5. The summed E-state index contributed by atoms with van der Waals surface area (Å²) in [5.41, 5.74) is 0.140. The van der Waals surface area contributed by atoms with Gasteiger partial charge in [-0.3, -0.25) is 5.32 Å². The van der Waals surface area contributed by atoms with Crippen molar-refractivity contribution in [3.8, 4) is 0 Å². The van der Waals surface area contributed by atoms with E-state index in [0.29, 0.717) is 0 Å². The van der Waals surface area contributed by atoms with Gasteiger partial charge in [-0.15, -0.1) is 0 Å². The highest BCUT2D eigenvalue weighted by Crippen LogP contribution is 2.35. The number of ether oxygens (including phenoxy) is 1. The number of nitrogens with one attached hydrogen (secondary N) is 1. The van der Waals surface area contributed by atoms with E-state index in [0.717, 1.165) is 0 Å². The van der Waals surface area contributed by atoms with E-state index in [2.05, 4.69) is 15.3 Å². The molecule has 0 aromatic carbocycles. The third-order valence-electron chi connectivity index (χ3n) is 2.91. The van der Waals surface area contributed by atoms with Crippen LogP contribution in [0.2, 0.25) is 0 Å². The molecule has 1 aromatic rings. The number of rotatable bonds is 4. The van der Waals surface area contributed by atoms with Crippen LogP contribution in [-0.4, -0.2) is 26.5 Å². The Kier molecular flexibility index (Phi) is 7.18. The number of carbonyl (C=O) groups is 1. The summed E-state index contributed by atoms with van der Waals surface area (Å²) in [6.07, 6.45) is -5.69. The predicted molar refractivity (Wildman–Crippen MR) is 90.5 cm³/mol. The van der Waals surface area contributed by atoms with Gasteiger partial charge in [-0.2, -0.15) is 13.2 Å². The Morgan fingerprint density at radius 3 is 1.84 bits per heavy atom. The van der Waals surface area contributed by atoms with Gasteiger partial charge in [0, 0.05) is 0 Å². The maximum absolute atomic E-state index is 13.0. The minimum Gasteiger partial charge on any atom is -0.445 e. The monoisotopic (exact) mass is 421 g/mol. The van der Waals surface area contributed by atoms with Crippen LogP contribution in [0.15, 0.2) is 0 Å². The number of hydrogen-bond donors (Lipinski definition) is 1. The molecule has 1 aromatic heterocycles. The first-order valence-electron chi connectivity index (χ1n) is 7.22. The Balaban J connectivity index is 3.30. The van der Waals surface area contributed by atoms with Crippen molar-refractivity contribution in [3.63, 3.8) is 0 Å². The second-order valence-corrected chi connectivity index (χ2v) is 8.33. The van der Waals surface area contributed by atoms with Crippen molar-refractivity contribution in [2.45, 2.75) is 49.5 Å². The number of anilines is 1. The Hall–Kier alpha value is -0.990. The van der Waals surface area contributed by atoms with Gasteiger partial charge in [0.25, 0.3) is 0 Å². The van der Waals surface area contributed by atoms with E-state index < -0.39 is 40.3 Å². The van der Waals surface area contributed by atoms with Crippen LogP contribution < -0.4 is 5.32 Å². The number of nitrogens with zero attached hydrogens (tertiary/aromatic N) is 2. The molecule has 5 nitrogen and oxygen atoms in total. The molecule has 1 heterocycles. The van der Waals surface area contributed by atoms with Gasteiger partial charge < -0.3 is 4.74 Å². The molecule has 0 bridgehead atoms. The van der Waals surface area contributed by atoms with Crippen molar-refractivity contribution >= 4 is 46.6 Å². The van der Waals surface area contributed by atoms with Crippen molar-refractivity contribution < 1.29 is 22.7 Å². The lowest BCUT2D eigenvalue weighted by Crippen LogP contribution is -2.24. The molecule has 0 fully saturated rings.